The first-order valence-corrected chi connectivity index (χ1v) is 6.03. The van der Waals surface area contributed by atoms with Crippen molar-refractivity contribution in [2.75, 3.05) is 6.54 Å². The third kappa shape index (κ3) is 3.32. The van der Waals surface area contributed by atoms with Crippen LogP contribution in [0.2, 0.25) is 5.02 Å². The van der Waals surface area contributed by atoms with Crippen molar-refractivity contribution in [2.45, 2.75) is 19.4 Å². The molecule has 2 heterocycles. The van der Waals surface area contributed by atoms with Gasteiger partial charge in [0.15, 0.2) is 0 Å². The van der Waals surface area contributed by atoms with E-state index in [1.165, 1.54) is 0 Å². The molecule has 2 aromatic rings. The zero-order chi connectivity index (χ0) is 12.1. The van der Waals surface area contributed by atoms with E-state index in [9.17, 15) is 0 Å². The molecule has 4 heteroatoms. The van der Waals surface area contributed by atoms with Crippen LogP contribution in [-0.4, -0.2) is 11.5 Å². The Kier molecular flexibility index (Phi) is 4.18. The molecule has 90 valence electrons. The van der Waals surface area contributed by atoms with Gasteiger partial charge in [-0.1, -0.05) is 18.5 Å². The van der Waals surface area contributed by atoms with Crippen LogP contribution in [0.15, 0.2) is 41.3 Å². The molecule has 2 aromatic heterocycles. The molecule has 0 fully saturated rings. The molecular weight excluding hydrogens is 236 g/mol. The Balaban J connectivity index is 2.13. The fraction of sp³-hybridized carbons (Fsp3) is 0.308. The van der Waals surface area contributed by atoms with Crippen LogP contribution in [0, 0.1) is 0 Å². The second-order valence-corrected chi connectivity index (χ2v) is 4.28. The highest BCUT2D eigenvalue weighted by Crippen LogP contribution is 2.18. The average Bonchev–Trinajstić information content (AvgIpc) is 2.82. The predicted octanol–water partition coefficient (Wildman–Crippen LogP) is 3.22. The van der Waals surface area contributed by atoms with Crippen molar-refractivity contribution in [3.63, 3.8) is 0 Å². The third-order valence-electron chi connectivity index (χ3n) is 2.58. The number of rotatable bonds is 5. The van der Waals surface area contributed by atoms with Crippen molar-refractivity contribution >= 4 is 11.6 Å². The molecule has 0 spiro atoms. The summed E-state index contributed by atoms with van der Waals surface area (Å²) < 4.78 is 5.08. The molecule has 3 nitrogen and oxygen atoms in total. The molecule has 0 aliphatic carbocycles. The molecule has 0 saturated heterocycles. The van der Waals surface area contributed by atoms with Crippen LogP contribution in [0.5, 0.6) is 0 Å². The Morgan fingerprint density at radius 3 is 2.88 bits per heavy atom. The van der Waals surface area contributed by atoms with Crippen LogP contribution in [0.1, 0.15) is 24.2 Å². The SMILES string of the molecule is CCNC(Cc1ccoc1)c1ccc(Cl)cn1. The maximum Gasteiger partial charge on any atom is 0.0935 e. The molecule has 0 amide bonds. The minimum absolute atomic E-state index is 0.190. The number of hydrogen-bond acceptors (Lipinski definition) is 3. The monoisotopic (exact) mass is 250 g/mol. The quantitative estimate of drug-likeness (QED) is 0.886. The van der Waals surface area contributed by atoms with Gasteiger partial charge < -0.3 is 9.73 Å². The first kappa shape index (κ1) is 12.1. The summed E-state index contributed by atoms with van der Waals surface area (Å²) in [6.45, 7) is 2.98. The number of hydrogen-bond donors (Lipinski definition) is 1. The maximum absolute atomic E-state index is 5.84. The third-order valence-corrected chi connectivity index (χ3v) is 2.80. The fourth-order valence-electron chi connectivity index (χ4n) is 1.77. The topological polar surface area (TPSA) is 38.1 Å². The molecule has 0 radical (unpaired) electrons. The van der Waals surface area contributed by atoms with Gasteiger partial charge in [0.05, 0.1) is 29.3 Å². The number of halogens is 1. The van der Waals surface area contributed by atoms with Crippen molar-refractivity contribution in [3.8, 4) is 0 Å². The zero-order valence-electron chi connectivity index (χ0n) is 9.69. The van der Waals surface area contributed by atoms with E-state index in [-0.39, 0.29) is 6.04 Å². The largest absolute Gasteiger partial charge is 0.472 e. The molecule has 0 aliphatic heterocycles. The first-order chi connectivity index (χ1) is 8.29. The Labute approximate surface area is 106 Å². The van der Waals surface area contributed by atoms with Gasteiger partial charge in [-0.05, 0) is 36.7 Å². The number of pyridine rings is 1. The number of likely N-dealkylation sites (N-methyl/N-ethyl adjacent to an activating group) is 1. The summed E-state index contributed by atoms with van der Waals surface area (Å²) in [6.07, 6.45) is 5.99. The van der Waals surface area contributed by atoms with E-state index in [1.54, 1.807) is 18.7 Å². The van der Waals surface area contributed by atoms with E-state index in [4.69, 9.17) is 16.0 Å². The Morgan fingerprint density at radius 2 is 2.29 bits per heavy atom. The van der Waals surface area contributed by atoms with Gasteiger partial charge in [0.1, 0.15) is 0 Å². The predicted molar refractivity (Wildman–Crippen MR) is 68.1 cm³/mol. The lowest BCUT2D eigenvalue weighted by Crippen LogP contribution is -2.23. The number of nitrogens with zero attached hydrogens (tertiary/aromatic N) is 1. The molecule has 1 N–H and O–H groups in total. The summed E-state index contributed by atoms with van der Waals surface area (Å²) in [5.74, 6) is 0. The van der Waals surface area contributed by atoms with Crippen LogP contribution in [0.25, 0.3) is 0 Å². The van der Waals surface area contributed by atoms with Gasteiger partial charge in [-0.15, -0.1) is 0 Å². The summed E-state index contributed by atoms with van der Waals surface area (Å²) in [4.78, 5) is 4.35. The van der Waals surface area contributed by atoms with Gasteiger partial charge in [0.25, 0.3) is 0 Å². The number of aromatic nitrogens is 1. The zero-order valence-corrected chi connectivity index (χ0v) is 10.4. The highest BCUT2D eigenvalue weighted by molar-refractivity contribution is 6.30. The van der Waals surface area contributed by atoms with Gasteiger partial charge in [-0.3, -0.25) is 4.98 Å². The van der Waals surface area contributed by atoms with Crippen molar-refractivity contribution in [1.29, 1.82) is 0 Å². The van der Waals surface area contributed by atoms with E-state index < -0.39 is 0 Å². The second-order valence-electron chi connectivity index (χ2n) is 3.85. The number of furan rings is 1. The normalized spacial score (nSPS) is 12.6. The van der Waals surface area contributed by atoms with Crippen LogP contribution in [0.3, 0.4) is 0 Å². The Morgan fingerprint density at radius 1 is 1.41 bits per heavy atom. The standard InChI is InChI=1S/C13H15ClN2O/c1-2-15-13(7-10-5-6-17-9-10)12-4-3-11(14)8-16-12/h3-6,8-9,13,15H,2,7H2,1H3. The van der Waals surface area contributed by atoms with Crippen molar-refractivity contribution in [3.05, 3.63) is 53.2 Å². The van der Waals surface area contributed by atoms with Crippen LogP contribution in [0.4, 0.5) is 0 Å². The van der Waals surface area contributed by atoms with Gasteiger partial charge in [0.2, 0.25) is 0 Å². The number of nitrogens with one attached hydrogen (secondary N) is 1. The molecule has 0 saturated carbocycles. The molecule has 0 bridgehead atoms. The smallest absolute Gasteiger partial charge is 0.0935 e. The van der Waals surface area contributed by atoms with Crippen molar-refractivity contribution in [1.82, 2.24) is 10.3 Å². The summed E-state index contributed by atoms with van der Waals surface area (Å²) in [5, 5.41) is 4.07. The minimum atomic E-state index is 0.190. The molecule has 1 unspecified atom stereocenters. The van der Waals surface area contributed by atoms with Crippen molar-refractivity contribution in [2.24, 2.45) is 0 Å². The maximum atomic E-state index is 5.84. The van der Waals surface area contributed by atoms with E-state index in [1.807, 2.05) is 18.2 Å². The summed E-state index contributed by atoms with van der Waals surface area (Å²) in [5.41, 5.74) is 2.16. The van der Waals surface area contributed by atoms with E-state index in [2.05, 4.69) is 17.2 Å². The fourth-order valence-corrected chi connectivity index (χ4v) is 1.88. The van der Waals surface area contributed by atoms with Crippen LogP contribution >= 0.6 is 11.6 Å². The Bertz CT molecular complexity index is 439. The second kappa shape index (κ2) is 5.84. The average molecular weight is 251 g/mol. The lowest BCUT2D eigenvalue weighted by Gasteiger charge is -2.16. The highest BCUT2D eigenvalue weighted by atomic mass is 35.5. The Hall–Kier alpha value is -1.32. The van der Waals surface area contributed by atoms with Gasteiger partial charge in [-0.25, -0.2) is 0 Å². The van der Waals surface area contributed by atoms with Crippen LogP contribution < -0.4 is 5.32 Å². The molecule has 1 atom stereocenters. The summed E-state index contributed by atoms with van der Waals surface area (Å²) in [6, 6.07) is 5.98. The highest BCUT2D eigenvalue weighted by Gasteiger charge is 2.12. The van der Waals surface area contributed by atoms with E-state index in [0.717, 1.165) is 24.2 Å². The van der Waals surface area contributed by atoms with Gasteiger partial charge >= 0.3 is 0 Å². The lowest BCUT2D eigenvalue weighted by molar-refractivity contribution is 0.526. The molecule has 0 aliphatic rings. The van der Waals surface area contributed by atoms with E-state index >= 15 is 0 Å². The molecule has 17 heavy (non-hydrogen) atoms. The van der Waals surface area contributed by atoms with Crippen molar-refractivity contribution < 1.29 is 4.42 Å². The summed E-state index contributed by atoms with van der Waals surface area (Å²) in [7, 11) is 0. The van der Waals surface area contributed by atoms with Gasteiger partial charge in [0, 0.05) is 6.20 Å². The summed E-state index contributed by atoms with van der Waals surface area (Å²) >= 11 is 5.84. The minimum Gasteiger partial charge on any atom is -0.472 e. The molecular formula is C13H15ClN2O. The lowest BCUT2D eigenvalue weighted by atomic mass is 10.1. The van der Waals surface area contributed by atoms with Crippen LogP contribution in [-0.2, 0) is 6.42 Å². The first-order valence-electron chi connectivity index (χ1n) is 5.65. The molecule has 2 rings (SSSR count). The molecule has 0 aromatic carbocycles. The van der Waals surface area contributed by atoms with Gasteiger partial charge in [-0.2, -0.15) is 0 Å². The van der Waals surface area contributed by atoms with E-state index in [0.29, 0.717) is 5.02 Å².